The van der Waals surface area contributed by atoms with Gasteiger partial charge in [0.1, 0.15) is 13.2 Å². The molecule has 0 saturated heterocycles. The lowest BCUT2D eigenvalue weighted by Gasteiger charge is -2.25. The number of sulfonamides is 1. The van der Waals surface area contributed by atoms with Crippen molar-refractivity contribution in [1.82, 2.24) is 4.72 Å². The molecule has 0 saturated carbocycles. The maximum atomic E-state index is 12.8. The highest BCUT2D eigenvalue weighted by atomic mass is 32.2. The Bertz CT molecular complexity index is 948. The Balaban J connectivity index is 1.92. The standard InChI is InChI=1S/C19H20N2O4S/c1-13(2)19(15-6-7-17-18(11-15)25-9-8-24-17)21-26(22,23)16-5-3-4-14(10-16)12-20/h3-7,10-11,13,19,21H,8-9H2,1-2H3/t19-/m0/s1. The molecule has 1 aliphatic rings. The fraction of sp³-hybridized carbons (Fsp3) is 0.316. The van der Waals surface area contributed by atoms with Gasteiger partial charge in [0, 0.05) is 6.04 Å². The van der Waals surface area contributed by atoms with Crippen LogP contribution >= 0.6 is 0 Å². The van der Waals surface area contributed by atoms with E-state index in [0.29, 0.717) is 30.3 Å². The number of rotatable bonds is 5. The van der Waals surface area contributed by atoms with E-state index in [0.717, 1.165) is 5.56 Å². The summed E-state index contributed by atoms with van der Waals surface area (Å²) in [6, 6.07) is 12.9. The van der Waals surface area contributed by atoms with Gasteiger partial charge < -0.3 is 9.47 Å². The molecule has 2 aromatic rings. The first kappa shape index (κ1) is 18.2. The SMILES string of the molecule is CC(C)[C@H](NS(=O)(=O)c1cccc(C#N)c1)c1ccc2c(c1)OCCO2. The summed E-state index contributed by atoms with van der Waals surface area (Å²) in [4.78, 5) is 0.0692. The molecule has 136 valence electrons. The van der Waals surface area contributed by atoms with Gasteiger partial charge in [0.25, 0.3) is 0 Å². The number of fused-ring (bicyclic) bond motifs is 1. The van der Waals surface area contributed by atoms with Crippen molar-refractivity contribution in [2.24, 2.45) is 5.92 Å². The number of nitrogens with one attached hydrogen (secondary N) is 1. The Kier molecular flexibility index (Phi) is 5.16. The number of ether oxygens (including phenoxy) is 2. The van der Waals surface area contributed by atoms with Crippen LogP contribution in [0, 0.1) is 17.2 Å². The Morgan fingerprint density at radius 3 is 2.50 bits per heavy atom. The van der Waals surface area contributed by atoms with Crippen molar-refractivity contribution in [3.63, 3.8) is 0 Å². The first-order valence-corrected chi connectivity index (χ1v) is 9.81. The lowest BCUT2D eigenvalue weighted by atomic mass is 9.97. The van der Waals surface area contributed by atoms with Crippen LogP contribution in [0.4, 0.5) is 0 Å². The fourth-order valence-corrected chi connectivity index (χ4v) is 4.23. The highest BCUT2D eigenvalue weighted by molar-refractivity contribution is 7.89. The van der Waals surface area contributed by atoms with Crippen molar-refractivity contribution in [3.05, 3.63) is 53.6 Å². The minimum absolute atomic E-state index is 0.00600. The zero-order chi connectivity index (χ0) is 18.7. The van der Waals surface area contributed by atoms with E-state index in [1.165, 1.54) is 12.1 Å². The average molecular weight is 372 g/mol. The Hall–Kier alpha value is -2.56. The summed E-state index contributed by atoms with van der Waals surface area (Å²) in [6.07, 6.45) is 0. The summed E-state index contributed by atoms with van der Waals surface area (Å²) < 4.78 is 39.5. The minimum atomic E-state index is -3.78. The molecule has 1 aliphatic heterocycles. The molecule has 6 nitrogen and oxygen atoms in total. The van der Waals surface area contributed by atoms with Crippen molar-refractivity contribution >= 4 is 10.0 Å². The van der Waals surface area contributed by atoms with Gasteiger partial charge in [-0.2, -0.15) is 5.26 Å². The minimum Gasteiger partial charge on any atom is -0.486 e. The highest BCUT2D eigenvalue weighted by Crippen LogP contribution is 2.35. The van der Waals surface area contributed by atoms with Gasteiger partial charge in [0.2, 0.25) is 10.0 Å². The predicted octanol–water partition coefficient (Wildman–Crippen LogP) is 3.01. The largest absolute Gasteiger partial charge is 0.486 e. The topological polar surface area (TPSA) is 88.4 Å². The molecule has 0 fully saturated rings. The average Bonchev–Trinajstić information content (AvgIpc) is 2.65. The second kappa shape index (κ2) is 7.36. The second-order valence-corrected chi connectivity index (χ2v) is 8.10. The molecule has 0 aromatic heterocycles. The monoisotopic (exact) mass is 372 g/mol. The number of benzene rings is 2. The summed E-state index contributed by atoms with van der Waals surface area (Å²) in [5.74, 6) is 1.28. The second-order valence-electron chi connectivity index (χ2n) is 6.39. The van der Waals surface area contributed by atoms with Crippen LogP contribution in [0.3, 0.4) is 0 Å². The van der Waals surface area contributed by atoms with Gasteiger partial charge in [-0.3, -0.25) is 0 Å². The van der Waals surface area contributed by atoms with Crippen molar-refractivity contribution in [1.29, 1.82) is 5.26 Å². The predicted molar refractivity (Wildman–Crippen MR) is 96.5 cm³/mol. The molecule has 7 heteroatoms. The van der Waals surface area contributed by atoms with E-state index in [1.54, 1.807) is 18.2 Å². The third-order valence-electron chi connectivity index (χ3n) is 4.15. The van der Waals surface area contributed by atoms with Gasteiger partial charge >= 0.3 is 0 Å². The maximum Gasteiger partial charge on any atom is 0.241 e. The van der Waals surface area contributed by atoms with Crippen molar-refractivity contribution < 1.29 is 17.9 Å². The zero-order valence-electron chi connectivity index (χ0n) is 14.6. The molecule has 0 radical (unpaired) electrons. The molecule has 26 heavy (non-hydrogen) atoms. The summed E-state index contributed by atoms with van der Waals surface area (Å²) in [5, 5.41) is 9.00. The number of hydrogen-bond acceptors (Lipinski definition) is 5. The van der Waals surface area contributed by atoms with Crippen LogP contribution in [0.25, 0.3) is 0 Å². The van der Waals surface area contributed by atoms with E-state index in [4.69, 9.17) is 14.7 Å². The van der Waals surface area contributed by atoms with Crippen molar-refractivity contribution in [2.75, 3.05) is 13.2 Å². The smallest absolute Gasteiger partial charge is 0.241 e. The third-order valence-corrected chi connectivity index (χ3v) is 5.59. The van der Waals surface area contributed by atoms with Gasteiger partial charge in [0.05, 0.1) is 16.5 Å². The quantitative estimate of drug-likeness (QED) is 0.872. The van der Waals surface area contributed by atoms with E-state index >= 15 is 0 Å². The molecule has 0 spiro atoms. The molecular formula is C19H20N2O4S. The molecule has 0 amide bonds. The molecular weight excluding hydrogens is 352 g/mol. The first-order valence-electron chi connectivity index (χ1n) is 8.33. The van der Waals surface area contributed by atoms with Crippen LogP contribution < -0.4 is 14.2 Å². The first-order chi connectivity index (χ1) is 12.4. The normalized spacial score (nSPS) is 14.7. The molecule has 2 aromatic carbocycles. The van der Waals surface area contributed by atoms with E-state index in [1.807, 2.05) is 32.0 Å². The Morgan fingerprint density at radius 1 is 1.08 bits per heavy atom. The summed E-state index contributed by atoms with van der Waals surface area (Å²) >= 11 is 0. The third kappa shape index (κ3) is 3.82. The molecule has 3 rings (SSSR count). The molecule has 0 unspecified atom stereocenters. The van der Waals surface area contributed by atoms with Crippen LogP contribution in [-0.4, -0.2) is 21.6 Å². The Morgan fingerprint density at radius 2 is 1.81 bits per heavy atom. The van der Waals surface area contributed by atoms with Gasteiger partial charge in [-0.05, 0) is 41.8 Å². The summed E-state index contributed by atoms with van der Waals surface area (Å²) in [6.45, 7) is 4.85. The van der Waals surface area contributed by atoms with E-state index in [2.05, 4.69) is 4.72 Å². The van der Waals surface area contributed by atoms with Gasteiger partial charge in [-0.1, -0.05) is 26.0 Å². The molecule has 1 heterocycles. The van der Waals surface area contributed by atoms with Crippen molar-refractivity contribution in [3.8, 4) is 17.6 Å². The number of hydrogen-bond donors (Lipinski definition) is 1. The van der Waals surface area contributed by atoms with E-state index < -0.39 is 16.1 Å². The van der Waals surface area contributed by atoms with Gasteiger partial charge in [-0.15, -0.1) is 0 Å². The van der Waals surface area contributed by atoms with Crippen LogP contribution in [0.5, 0.6) is 11.5 Å². The van der Waals surface area contributed by atoms with Crippen LogP contribution in [0.1, 0.15) is 31.0 Å². The van der Waals surface area contributed by atoms with Crippen molar-refractivity contribution in [2.45, 2.75) is 24.8 Å². The summed E-state index contributed by atoms with van der Waals surface area (Å²) in [7, 11) is -3.78. The lowest BCUT2D eigenvalue weighted by molar-refractivity contribution is 0.171. The van der Waals surface area contributed by atoms with E-state index in [-0.39, 0.29) is 10.8 Å². The van der Waals surface area contributed by atoms with Gasteiger partial charge in [-0.25, -0.2) is 13.1 Å². The molecule has 0 aliphatic carbocycles. The van der Waals surface area contributed by atoms with Crippen LogP contribution in [0.15, 0.2) is 47.4 Å². The lowest BCUT2D eigenvalue weighted by Crippen LogP contribution is -2.32. The van der Waals surface area contributed by atoms with Crippen LogP contribution in [-0.2, 0) is 10.0 Å². The Labute approximate surface area is 153 Å². The molecule has 0 bridgehead atoms. The highest BCUT2D eigenvalue weighted by Gasteiger charge is 2.25. The zero-order valence-corrected chi connectivity index (χ0v) is 15.4. The van der Waals surface area contributed by atoms with Gasteiger partial charge in [0.15, 0.2) is 11.5 Å². The molecule has 1 atom stereocenters. The maximum absolute atomic E-state index is 12.8. The fourth-order valence-electron chi connectivity index (χ4n) is 2.81. The summed E-state index contributed by atoms with van der Waals surface area (Å²) in [5.41, 5.74) is 1.09. The number of nitriles is 1. The van der Waals surface area contributed by atoms with Crippen LogP contribution in [0.2, 0.25) is 0 Å². The molecule has 1 N–H and O–H groups in total. The van der Waals surface area contributed by atoms with E-state index in [9.17, 15) is 8.42 Å². The number of nitrogens with zero attached hydrogens (tertiary/aromatic N) is 1.